The molecule has 0 bridgehead atoms. The predicted molar refractivity (Wildman–Crippen MR) is 43.7 cm³/mol. The normalized spacial score (nSPS) is 12.0. The number of aromatic nitrogens is 2. The second-order valence-electron chi connectivity index (χ2n) is 4.03. The van der Waals surface area contributed by atoms with E-state index in [1.807, 2.05) is 20.8 Å². The van der Waals surface area contributed by atoms with Crippen LogP contribution in [-0.4, -0.2) is 10.8 Å². The van der Waals surface area contributed by atoms with Crippen molar-refractivity contribution in [2.24, 2.45) is 7.05 Å². The Hall–Kier alpha value is -1.10. The Morgan fingerprint density at radius 1 is 1.54 bits per heavy atom. The van der Waals surface area contributed by atoms with Crippen LogP contribution < -0.4 is 15.1 Å². The Morgan fingerprint density at radius 3 is 2.54 bits per heavy atom. The number of aryl methyl sites for hydroxylation is 1. The highest BCUT2D eigenvalue weighted by molar-refractivity contribution is 5.03. The van der Waals surface area contributed by atoms with Gasteiger partial charge in [-0.25, -0.2) is 0 Å². The molecule has 0 atom stereocenters. The zero-order chi connectivity index (χ0) is 10.1. The standard InChI is InChI=1S/C8H15N3O2/c1-8(2,3)9-5-6-7(12)13-10-11(6)4/h9H,5H2,1-4H3. The maximum absolute atomic E-state index is 11.1. The van der Waals surface area contributed by atoms with Crippen LogP contribution in [0, 0.1) is 0 Å². The molecule has 0 saturated carbocycles. The molecule has 13 heavy (non-hydrogen) atoms. The van der Waals surface area contributed by atoms with Crippen LogP contribution in [-0.2, 0) is 13.6 Å². The second kappa shape index (κ2) is 3.33. The van der Waals surface area contributed by atoms with E-state index >= 15 is 0 Å². The maximum atomic E-state index is 11.1. The number of hydrogen-bond donors (Lipinski definition) is 1. The molecule has 0 spiro atoms. The van der Waals surface area contributed by atoms with Gasteiger partial charge in [-0.05, 0) is 20.8 Å². The highest BCUT2D eigenvalue weighted by Gasteiger charge is 2.16. The van der Waals surface area contributed by atoms with Crippen molar-refractivity contribution < 1.29 is 14.3 Å². The van der Waals surface area contributed by atoms with Crippen LogP contribution in [0.2, 0.25) is 0 Å². The van der Waals surface area contributed by atoms with Gasteiger partial charge in [0.05, 0.1) is 11.8 Å². The lowest BCUT2D eigenvalue weighted by molar-refractivity contribution is -0.746. The third kappa shape index (κ3) is 2.69. The third-order valence-corrected chi connectivity index (χ3v) is 1.66. The van der Waals surface area contributed by atoms with Gasteiger partial charge in [-0.3, -0.25) is 0 Å². The number of rotatable bonds is 2. The lowest BCUT2D eigenvalue weighted by Gasteiger charge is -2.18. The molecule has 1 aromatic heterocycles. The molecule has 5 heteroatoms. The molecule has 0 radical (unpaired) electrons. The van der Waals surface area contributed by atoms with Gasteiger partial charge < -0.3 is 14.9 Å². The maximum Gasteiger partial charge on any atom is 0.246 e. The van der Waals surface area contributed by atoms with Crippen LogP contribution in [0.3, 0.4) is 0 Å². The Kier molecular flexibility index (Phi) is 2.56. The lowest BCUT2D eigenvalue weighted by Crippen LogP contribution is -2.41. The monoisotopic (exact) mass is 185 g/mol. The molecule has 1 aromatic rings. The molecule has 0 aliphatic carbocycles. The molecule has 74 valence electrons. The molecule has 1 N–H and O–H groups in total. The van der Waals surface area contributed by atoms with Crippen LogP contribution in [0.5, 0.6) is 5.95 Å². The summed E-state index contributed by atoms with van der Waals surface area (Å²) in [6.07, 6.45) is 0. The largest absolute Gasteiger partial charge is 0.539 e. The predicted octanol–water partition coefficient (Wildman–Crippen LogP) is -0.539. The average Bonchev–Trinajstić information content (AvgIpc) is 2.27. The summed E-state index contributed by atoms with van der Waals surface area (Å²) in [6.45, 7) is 6.57. The summed E-state index contributed by atoms with van der Waals surface area (Å²) in [5.74, 6) is -0.376. The summed E-state index contributed by atoms with van der Waals surface area (Å²) >= 11 is 0. The first-order chi connectivity index (χ1) is 5.90. The van der Waals surface area contributed by atoms with Crippen LogP contribution in [0.15, 0.2) is 4.52 Å². The fourth-order valence-corrected chi connectivity index (χ4v) is 0.868. The lowest BCUT2D eigenvalue weighted by atomic mass is 10.1. The molecular weight excluding hydrogens is 170 g/mol. The van der Waals surface area contributed by atoms with E-state index in [4.69, 9.17) is 0 Å². The topological polar surface area (TPSA) is 65.0 Å². The summed E-state index contributed by atoms with van der Waals surface area (Å²) in [5.41, 5.74) is 0.520. The highest BCUT2D eigenvalue weighted by atomic mass is 16.6. The van der Waals surface area contributed by atoms with E-state index in [0.717, 1.165) is 0 Å². The minimum Gasteiger partial charge on any atom is -0.539 e. The van der Waals surface area contributed by atoms with E-state index in [1.165, 1.54) is 4.68 Å². The fraction of sp³-hybridized carbons (Fsp3) is 0.750. The van der Waals surface area contributed by atoms with Crippen molar-refractivity contribution in [3.63, 3.8) is 0 Å². The van der Waals surface area contributed by atoms with Crippen molar-refractivity contribution in [1.29, 1.82) is 0 Å². The molecule has 0 amide bonds. The minimum atomic E-state index is -0.376. The van der Waals surface area contributed by atoms with Gasteiger partial charge in [0.2, 0.25) is 5.69 Å². The highest BCUT2D eigenvalue weighted by Crippen LogP contribution is 2.07. The van der Waals surface area contributed by atoms with Crippen molar-refractivity contribution in [1.82, 2.24) is 10.6 Å². The first kappa shape index (κ1) is 9.98. The Labute approximate surface area is 77.3 Å². The van der Waals surface area contributed by atoms with Gasteiger partial charge in [0, 0.05) is 5.54 Å². The van der Waals surface area contributed by atoms with E-state index < -0.39 is 0 Å². The van der Waals surface area contributed by atoms with Gasteiger partial charge in [0.15, 0.2) is 13.0 Å². The van der Waals surface area contributed by atoms with Gasteiger partial charge in [-0.2, -0.15) is 0 Å². The Balaban J connectivity index is 2.64. The SMILES string of the molecule is C[n+]1noc([O-])c1CNC(C)(C)C. The quantitative estimate of drug-likeness (QED) is 0.628. The number of nitrogens with one attached hydrogen (secondary N) is 1. The molecule has 0 unspecified atom stereocenters. The first-order valence-corrected chi connectivity index (χ1v) is 4.17. The summed E-state index contributed by atoms with van der Waals surface area (Å²) in [6, 6.07) is 0. The molecule has 1 rings (SSSR count). The van der Waals surface area contributed by atoms with Crippen molar-refractivity contribution >= 4 is 0 Å². The molecule has 1 heterocycles. The number of nitrogens with zero attached hydrogens (tertiary/aromatic N) is 2. The smallest absolute Gasteiger partial charge is 0.246 e. The van der Waals surface area contributed by atoms with Gasteiger partial charge in [-0.1, -0.05) is 4.68 Å². The van der Waals surface area contributed by atoms with Gasteiger partial charge >= 0.3 is 0 Å². The van der Waals surface area contributed by atoms with Crippen molar-refractivity contribution in [3.05, 3.63) is 5.69 Å². The Bertz CT molecular complexity index is 269. The van der Waals surface area contributed by atoms with Crippen LogP contribution >= 0.6 is 0 Å². The summed E-state index contributed by atoms with van der Waals surface area (Å²) in [5, 5.41) is 17.8. The minimum absolute atomic E-state index is 0.0172. The van der Waals surface area contributed by atoms with Crippen LogP contribution in [0.4, 0.5) is 0 Å². The molecule has 0 aliphatic heterocycles. The van der Waals surface area contributed by atoms with Gasteiger partial charge in [-0.15, -0.1) is 0 Å². The van der Waals surface area contributed by atoms with Crippen molar-refractivity contribution in [2.45, 2.75) is 32.9 Å². The summed E-state index contributed by atoms with van der Waals surface area (Å²) < 4.78 is 5.92. The van der Waals surface area contributed by atoms with Crippen LogP contribution in [0.1, 0.15) is 26.5 Å². The summed E-state index contributed by atoms with van der Waals surface area (Å²) in [4.78, 5) is 0. The molecule has 0 fully saturated rings. The zero-order valence-corrected chi connectivity index (χ0v) is 8.42. The third-order valence-electron chi connectivity index (χ3n) is 1.66. The summed E-state index contributed by atoms with van der Waals surface area (Å²) in [7, 11) is 1.69. The van der Waals surface area contributed by atoms with Crippen molar-refractivity contribution in [2.75, 3.05) is 0 Å². The first-order valence-electron chi connectivity index (χ1n) is 4.17. The fourth-order valence-electron chi connectivity index (χ4n) is 0.868. The van der Waals surface area contributed by atoms with E-state index in [0.29, 0.717) is 12.2 Å². The second-order valence-corrected chi connectivity index (χ2v) is 4.03. The van der Waals surface area contributed by atoms with E-state index in [-0.39, 0.29) is 11.5 Å². The molecule has 5 nitrogen and oxygen atoms in total. The van der Waals surface area contributed by atoms with Gasteiger partial charge in [0.25, 0.3) is 0 Å². The van der Waals surface area contributed by atoms with E-state index in [1.54, 1.807) is 7.05 Å². The molecule has 0 saturated heterocycles. The molecule has 0 aliphatic rings. The van der Waals surface area contributed by atoms with Crippen molar-refractivity contribution in [3.8, 4) is 5.95 Å². The number of hydrogen-bond acceptors (Lipinski definition) is 4. The molecular formula is C8H15N3O2. The van der Waals surface area contributed by atoms with Crippen LogP contribution in [0.25, 0.3) is 0 Å². The van der Waals surface area contributed by atoms with E-state index in [9.17, 15) is 5.11 Å². The van der Waals surface area contributed by atoms with E-state index in [2.05, 4.69) is 15.1 Å². The van der Waals surface area contributed by atoms with Gasteiger partial charge in [0.1, 0.15) is 0 Å². The Morgan fingerprint density at radius 2 is 2.15 bits per heavy atom. The average molecular weight is 185 g/mol. The molecule has 0 aromatic carbocycles. The zero-order valence-electron chi connectivity index (χ0n) is 8.42.